The topological polar surface area (TPSA) is 37.4 Å². The van der Waals surface area contributed by atoms with Gasteiger partial charge in [-0.1, -0.05) is 140 Å². The van der Waals surface area contributed by atoms with Crippen molar-refractivity contribution in [3.8, 4) is 22.9 Å². The van der Waals surface area contributed by atoms with Crippen LogP contribution in [0.1, 0.15) is 5.56 Å². The fourth-order valence-corrected chi connectivity index (χ4v) is 12.5. The van der Waals surface area contributed by atoms with E-state index < -0.39 is 8.07 Å². The van der Waals surface area contributed by atoms with E-state index >= 15 is 0 Å². The SMILES string of the molecule is [C-]#[N+]c1cc(-c2ccccc2-n2c3ccccc3c3cc([N+]#[C-])ccc32)c(C#N)c([Si](c2ccccc2)(c2ccccc2)c2ccccc2)c1. The monoisotopic (exact) mass is 652 g/mol. The largest absolute Gasteiger partial charge is 0.309 e. The zero-order valence-electron chi connectivity index (χ0n) is 27.0. The Balaban J connectivity index is 1.51. The van der Waals surface area contributed by atoms with Crippen LogP contribution in [0.15, 0.2) is 170 Å². The lowest BCUT2D eigenvalue weighted by Gasteiger charge is -2.36. The second kappa shape index (κ2) is 12.6. The molecule has 0 amide bonds. The quantitative estimate of drug-likeness (QED) is 0.101. The minimum absolute atomic E-state index is 0.479. The number of fused-ring (bicyclic) bond motifs is 3. The Kier molecular flexibility index (Phi) is 7.63. The molecule has 0 aliphatic heterocycles. The van der Waals surface area contributed by atoms with E-state index in [4.69, 9.17) is 13.1 Å². The van der Waals surface area contributed by atoms with Crippen LogP contribution < -0.4 is 20.7 Å². The van der Waals surface area contributed by atoms with Crippen molar-refractivity contribution < 1.29 is 0 Å². The fraction of sp³-hybridized carbons (Fsp3) is 0. The molecular weight excluding hydrogens is 625 g/mol. The lowest BCUT2D eigenvalue weighted by Crippen LogP contribution is -2.75. The summed E-state index contributed by atoms with van der Waals surface area (Å²) >= 11 is 0. The lowest BCUT2D eigenvalue weighted by atomic mass is 9.97. The van der Waals surface area contributed by atoms with Crippen LogP contribution in [0.2, 0.25) is 0 Å². The van der Waals surface area contributed by atoms with Gasteiger partial charge in [-0.15, -0.1) is 0 Å². The number of nitriles is 1. The Morgan fingerprint density at radius 3 is 1.64 bits per heavy atom. The lowest BCUT2D eigenvalue weighted by molar-refractivity contribution is 1.18. The van der Waals surface area contributed by atoms with E-state index in [1.54, 1.807) is 0 Å². The number of hydrogen-bond donors (Lipinski definition) is 0. The van der Waals surface area contributed by atoms with Gasteiger partial charge in [-0.05, 0) is 62.0 Å². The summed E-state index contributed by atoms with van der Waals surface area (Å²) < 4.78 is 2.22. The van der Waals surface area contributed by atoms with Crippen molar-refractivity contribution in [2.75, 3.05) is 0 Å². The minimum atomic E-state index is -3.16. The van der Waals surface area contributed by atoms with Gasteiger partial charge in [0.1, 0.15) is 0 Å². The average molecular weight is 653 g/mol. The molecule has 7 aromatic carbocycles. The predicted molar refractivity (Wildman–Crippen MR) is 207 cm³/mol. The molecule has 0 unspecified atom stereocenters. The van der Waals surface area contributed by atoms with Crippen LogP contribution in [0.5, 0.6) is 0 Å². The normalized spacial score (nSPS) is 11.1. The number of nitrogens with zero attached hydrogens (tertiary/aromatic N) is 4. The number of para-hydroxylation sites is 2. The second-order valence-electron chi connectivity index (χ2n) is 12.2. The Morgan fingerprint density at radius 1 is 0.500 bits per heavy atom. The molecule has 0 bridgehead atoms. The smallest absolute Gasteiger partial charge is 0.188 e. The number of hydrogen-bond acceptors (Lipinski definition) is 1. The van der Waals surface area contributed by atoms with Gasteiger partial charge in [0.2, 0.25) is 0 Å². The summed E-state index contributed by atoms with van der Waals surface area (Å²) in [5.74, 6) is 0. The number of benzene rings is 7. The van der Waals surface area contributed by atoms with Gasteiger partial charge in [0.05, 0.1) is 41.5 Å². The molecule has 0 spiro atoms. The summed E-state index contributed by atoms with van der Waals surface area (Å²) in [7, 11) is -3.16. The molecule has 0 fully saturated rings. The zero-order chi connectivity index (χ0) is 34.1. The molecule has 1 heterocycles. The standard InChI is InChI=1S/C45H28N4Si/c1-47-32-26-27-44-40(28-32)38-23-13-15-25-43(38)49(44)42-24-14-12-22-37(42)39-29-33(48-2)30-45(41(39)31-46)50(34-16-6-3-7-17-34,35-18-8-4-9-19-35)36-20-10-5-11-21-36/h3-30H. The molecule has 232 valence electrons. The maximum Gasteiger partial charge on any atom is 0.188 e. The molecule has 0 saturated heterocycles. The number of aromatic nitrogens is 1. The van der Waals surface area contributed by atoms with Crippen LogP contribution >= 0.6 is 0 Å². The average Bonchev–Trinajstić information content (AvgIpc) is 3.52. The Hall–Kier alpha value is -6.97. The van der Waals surface area contributed by atoms with Gasteiger partial charge in [-0.3, -0.25) is 0 Å². The summed E-state index contributed by atoms with van der Waals surface area (Å²) in [4.78, 5) is 7.73. The van der Waals surface area contributed by atoms with Crippen molar-refractivity contribution in [1.29, 1.82) is 5.26 Å². The molecule has 4 nitrogen and oxygen atoms in total. The fourth-order valence-electron chi connectivity index (χ4n) is 7.54. The second-order valence-corrected chi connectivity index (χ2v) is 15.9. The van der Waals surface area contributed by atoms with E-state index in [2.05, 4.69) is 111 Å². The van der Waals surface area contributed by atoms with Gasteiger partial charge >= 0.3 is 0 Å². The highest BCUT2D eigenvalue weighted by atomic mass is 28.3. The first-order chi connectivity index (χ1) is 24.7. The van der Waals surface area contributed by atoms with E-state index in [-0.39, 0.29) is 0 Å². The highest BCUT2D eigenvalue weighted by Crippen LogP contribution is 2.39. The molecule has 0 aliphatic rings. The molecule has 0 radical (unpaired) electrons. The summed E-state index contributed by atoms with van der Waals surface area (Å²) in [6, 6.07) is 60.1. The van der Waals surface area contributed by atoms with E-state index in [9.17, 15) is 5.26 Å². The van der Waals surface area contributed by atoms with Crippen LogP contribution in [0.25, 0.3) is 48.3 Å². The Morgan fingerprint density at radius 2 is 1.04 bits per heavy atom. The molecule has 8 aromatic rings. The maximum atomic E-state index is 11.3. The van der Waals surface area contributed by atoms with Gasteiger partial charge in [0.25, 0.3) is 0 Å². The third kappa shape index (κ3) is 4.72. The van der Waals surface area contributed by atoms with Gasteiger partial charge in [0.15, 0.2) is 19.4 Å². The molecule has 0 saturated carbocycles. The van der Waals surface area contributed by atoms with Crippen LogP contribution in [-0.2, 0) is 0 Å². The first-order valence-corrected chi connectivity index (χ1v) is 18.3. The highest BCUT2D eigenvalue weighted by molar-refractivity contribution is 7.20. The van der Waals surface area contributed by atoms with E-state index in [0.717, 1.165) is 59.4 Å². The third-order valence-electron chi connectivity index (χ3n) is 9.61. The van der Waals surface area contributed by atoms with Gasteiger partial charge in [0, 0.05) is 10.9 Å². The molecule has 5 heteroatoms. The molecule has 8 rings (SSSR count). The molecule has 0 atom stereocenters. The number of rotatable bonds is 6. The highest BCUT2D eigenvalue weighted by Gasteiger charge is 2.43. The Labute approximate surface area is 292 Å². The summed E-state index contributed by atoms with van der Waals surface area (Å²) in [6.07, 6.45) is 0. The van der Waals surface area contributed by atoms with Crippen molar-refractivity contribution in [3.05, 3.63) is 198 Å². The third-order valence-corrected chi connectivity index (χ3v) is 14.4. The van der Waals surface area contributed by atoms with Crippen molar-refractivity contribution in [2.45, 2.75) is 0 Å². The van der Waals surface area contributed by atoms with Crippen molar-refractivity contribution >= 4 is 62.0 Å². The molecule has 0 N–H and O–H groups in total. The molecular formula is C45H28N4Si. The van der Waals surface area contributed by atoms with E-state index in [1.807, 2.05) is 78.9 Å². The van der Waals surface area contributed by atoms with Crippen LogP contribution in [-0.4, -0.2) is 12.6 Å². The summed E-state index contributed by atoms with van der Waals surface area (Å²) in [5, 5.41) is 17.6. The maximum absolute atomic E-state index is 11.3. The van der Waals surface area contributed by atoms with Gasteiger partial charge < -0.3 is 4.57 Å². The molecule has 1 aromatic heterocycles. The summed E-state index contributed by atoms with van der Waals surface area (Å²) in [6.45, 7) is 16.0. The van der Waals surface area contributed by atoms with E-state index in [0.29, 0.717) is 16.9 Å². The predicted octanol–water partition coefficient (Wildman–Crippen LogP) is 8.80. The van der Waals surface area contributed by atoms with Crippen molar-refractivity contribution in [1.82, 2.24) is 4.57 Å². The zero-order valence-corrected chi connectivity index (χ0v) is 28.0. The minimum Gasteiger partial charge on any atom is -0.309 e. The summed E-state index contributed by atoms with van der Waals surface area (Å²) in [5.41, 5.74) is 6.05. The Bertz CT molecular complexity index is 2580. The van der Waals surface area contributed by atoms with E-state index in [1.165, 1.54) is 0 Å². The van der Waals surface area contributed by atoms with Gasteiger partial charge in [-0.25, -0.2) is 9.69 Å². The van der Waals surface area contributed by atoms with Crippen molar-refractivity contribution in [3.63, 3.8) is 0 Å². The van der Waals surface area contributed by atoms with Crippen LogP contribution in [0.3, 0.4) is 0 Å². The first-order valence-electron chi connectivity index (χ1n) is 16.3. The van der Waals surface area contributed by atoms with Crippen LogP contribution in [0, 0.1) is 24.5 Å². The van der Waals surface area contributed by atoms with Crippen LogP contribution in [0.4, 0.5) is 11.4 Å². The molecule has 0 aliphatic carbocycles. The van der Waals surface area contributed by atoms with Crippen molar-refractivity contribution in [2.24, 2.45) is 0 Å². The molecule has 50 heavy (non-hydrogen) atoms. The van der Waals surface area contributed by atoms with Gasteiger partial charge in [-0.2, -0.15) is 5.26 Å². The first kappa shape index (κ1) is 30.4.